The lowest BCUT2D eigenvalue weighted by Crippen LogP contribution is -2.25. The molecule has 0 radical (unpaired) electrons. The predicted molar refractivity (Wildman–Crippen MR) is 80.3 cm³/mol. The van der Waals surface area contributed by atoms with Gasteiger partial charge in [0.05, 0.1) is 25.4 Å². The first-order valence-electron chi connectivity index (χ1n) is 6.55. The van der Waals surface area contributed by atoms with E-state index in [4.69, 9.17) is 14.2 Å². The van der Waals surface area contributed by atoms with E-state index in [0.717, 1.165) is 26.1 Å². The highest BCUT2D eigenvalue weighted by Crippen LogP contribution is 2.02. The van der Waals surface area contributed by atoms with Crippen LogP contribution in [0, 0.1) is 0 Å². The number of rotatable bonds is 11. The topological polar surface area (TPSA) is 27.7 Å². The molecule has 0 bridgehead atoms. The summed E-state index contributed by atoms with van der Waals surface area (Å²) < 4.78 is 16.7. The van der Waals surface area contributed by atoms with Crippen molar-refractivity contribution in [3.8, 4) is 0 Å². The lowest BCUT2D eigenvalue weighted by molar-refractivity contribution is -0.0613. The second kappa shape index (κ2) is 16.9. The lowest BCUT2D eigenvalue weighted by Gasteiger charge is -2.19. The minimum Gasteiger partial charge on any atom is -0.379 e. The lowest BCUT2D eigenvalue weighted by atomic mass is 10.3. The maximum atomic E-state index is 5.68. The summed E-state index contributed by atoms with van der Waals surface area (Å²) >= 11 is 0. The molecule has 18 heavy (non-hydrogen) atoms. The Balaban J connectivity index is -0.00000112. The Labute approximate surface area is 115 Å². The molecule has 0 aromatic carbocycles. The highest BCUT2D eigenvalue weighted by Gasteiger charge is 2.09. The van der Waals surface area contributed by atoms with Crippen LogP contribution in [0.2, 0.25) is 0 Å². The first kappa shape index (κ1) is 23.0. The fraction of sp³-hybridized carbons (Fsp3) is 1.00. The SMILES string of the molecule is C.C.CCCCOCC(C)OCC(CC)OCC. The monoisotopic (exact) mass is 264 g/mol. The van der Waals surface area contributed by atoms with E-state index in [2.05, 4.69) is 13.8 Å². The van der Waals surface area contributed by atoms with Crippen LogP contribution in [0.3, 0.4) is 0 Å². The summed E-state index contributed by atoms with van der Waals surface area (Å²) in [6.07, 6.45) is 3.69. The van der Waals surface area contributed by atoms with E-state index in [9.17, 15) is 0 Å². The van der Waals surface area contributed by atoms with Crippen LogP contribution < -0.4 is 0 Å². The van der Waals surface area contributed by atoms with Gasteiger partial charge < -0.3 is 14.2 Å². The van der Waals surface area contributed by atoms with Gasteiger partial charge in [-0.15, -0.1) is 0 Å². The normalized spacial score (nSPS) is 13.3. The molecule has 0 amide bonds. The molecule has 0 saturated heterocycles. The molecule has 0 fully saturated rings. The van der Waals surface area contributed by atoms with Crippen LogP contribution in [0.4, 0.5) is 0 Å². The van der Waals surface area contributed by atoms with Gasteiger partial charge in [-0.1, -0.05) is 35.1 Å². The van der Waals surface area contributed by atoms with Gasteiger partial charge in [-0.2, -0.15) is 0 Å². The zero-order chi connectivity index (χ0) is 12.2. The van der Waals surface area contributed by atoms with E-state index in [0.29, 0.717) is 13.2 Å². The van der Waals surface area contributed by atoms with Gasteiger partial charge in [-0.05, 0) is 26.7 Å². The highest BCUT2D eigenvalue weighted by atomic mass is 16.6. The Hall–Kier alpha value is -0.120. The van der Waals surface area contributed by atoms with Gasteiger partial charge in [0.1, 0.15) is 0 Å². The van der Waals surface area contributed by atoms with Crippen LogP contribution in [-0.4, -0.2) is 38.6 Å². The molecule has 2 unspecified atom stereocenters. The molecule has 0 heterocycles. The van der Waals surface area contributed by atoms with Crippen molar-refractivity contribution in [3.05, 3.63) is 0 Å². The van der Waals surface area contributed by atoms with E-state index >= 15 is 0 Å². The number of hydrogen-bond acceptors (Lipinski definition) is 3. The zero-order valence-electron chi connectivity index (χ0n) is 11.3. The Morgan fingerprint density at radius 3 is 2.11 bits per heavy atom. The second-order valence-electron chi connectivity index (χ2n) is 4.06. The molecule has 114 valence electrons. The Kier molecular flexibility index (Phi) is 21.6. The molecule has 0 aromatic heterocycles. The molecule has 2 atom stereocenters. The molecule has 0 aliphatic carbocycles. The fourth-order valence-corrected chi connectivity index (χ4v) is 1.33. The zero-order valence-corrected chi connectivity index (χ0v) is 11.3. The van der Waals surface area contributed by atoms with Crippen molar-refractivity contribution in [1.82, 2.24) is 0 Å². The minimum atomic E-state index is 0. The van der Waals surface area contributed by atoms with Crippen molar-refractivity contribution >= 4 is 0 Å². The molecule has 0 rings (SSSR count). The molecular formula is C15H36O3. The Bertz CT molecular complexity index is 140. The minimum absolute atomic E-state index is 0. The molecule has 0 spiro atoms. The van der Waals surface area contributed by atoms with Gasteiger partial charge in [-0.25, -0.2) is 0 Å². The van der Waals surface area contributed by atoms with Crippen LogP contribution in [0.5, 0.6) is 0 Å². The molecule has 0 aliphatic rings. The van der Waals surface area contributed by atoms with Gasteiger partial charge in [0.15, 0.2) is 0 Å². The number of ether oxygens (including phenoxy) is 3. The molecule has 0 saturated carbocycles. The van der Waals surface area contributed by atoms with Crippen LogP contribution in [0.1, 0.15) is 61.8 Å². The molecule has 0 aliphatic heterocycles. The van der Waals surface area contributed by atoms with Crippen LogP contribution >= 0.6 is 0 Å². The summed E-state index contributed by atoms with van der Waals surface area (Å²) in [6.45, 7) is 11.3. The van der Waals surface area contributed by atoms with E-state index in [1.165, 1.54) is 6.42 Å². The molecule has 0 N–H and O–H groups in total. The van der Waals surface area contributed by atoms with Crippen molar-refractivity contribution in [2.45, 2.75) is 74.0 Å². The van der Waals surface area contributed by atoms with Crippen molar-refractivity contribution in [1.29, 1.82) is 0 Å². The summed E-state index contributed by atoms with van der Waals surface area (Å²) in [5, 5.41) is 0. The van der Waals surface area contributed by atoms with Crippen LogP contribution in [0.15, 0.2) is 0 Å². The molecule has 3 nitrogen and oxygen atoms in total. The summed E-state index contributed by atoms with van der Waals surface area (Å²) in [5.74, 6) is 0. The molecule has 3 heteroatoms. The van der Waals surface area contributed by atoms with E-state index in [1.807, 2.05) is 13.8 Å². The number of unbranched alkanes of at least 4 members (excludes halogenated alkanes) is 1. The van der Waals surface area contributed by atoms with Crippen LogP contribution in [0.25, 0.3) is 0 Å². The van der Waals surface area contributed by atoms with Gasteiger partial charge in [-0.3, -0.25) is 0 Å². The highest BCUT2D eigenvalue weighted by molar-refractivity contribution is 4.55. The summed E-state index contributed by atoms with van der Waals surface area (Å²) in [6, 6.07) is 0. The van der Waals surface area contributed by atoms with Gasteiger partial charge in [0.25, 0.3) is 0 Å². The second-order valence-corrected chi connectivity index (χ2v) is 4.06. The van der Waals surface area contributed by atoms with Crippen LogP contribution in [-0.2, 0) is 14.2 Å². The summed E-state index contributed by atoms with van der Waals surface area (Å²) in [7, 11) is 0. The molecular weight excluding hydrogens is 228 g/mol. The number of hydrogen-bond donors (Lipinski definition) is 0. The first-order chi connectivity index (χ1) is 7.74. The first-order valence-corrected chi connectivity index (χ1v) is 6.55. The largest absolute Gasteiger partial charge is 0.379 e. The fourth-order valence-electron chi connectivity index (χ4n) is 1.33. The summed E-state index contributed by atoms with van der Waals surface area (Å²) in [5.41, 5.74) is 0. The summed E-state index contributed by atoms with van der Waals surface area (Å²) in [4.78, 5) is 0. The van der Waals surface area contributed by atoms with E-state index < -0.39 is 0 Å². The van der Waals surface area contributed by atoms with Crippen molar-refractivity contribution in [3.63, 3.8) is 0 Å². The van der Waals surface area contributed by atoms with Crippen molar-refractivity contribution < 1.29 is 14.2 Å². The standard InChI is InChI=1S/C13H28O3.2CH4/c1-5-8-9-14-10-12(4)16-11-13(6-2)15-7-3;;/h12-13H,5-11H2,1-4H3;2*1H4. The smallest absolute Gasteiger partial charge is 0.0805 e. The van der Waals surface area contributed by atoms with Gasteiger partial charge >= 0.3 is 0 Å². The maximum absolute atomic E-state index is 5.68. The quantitative estimate of drug-likeness (QED) is 0.521. The Morgan fingerprint density at radius 2 is 1.61 bits per heavy atom. The van der Waals surface area contributed by atoms with E-state index in [-0.39, 0.29) is 27.1 Å². The third-order valence-electron chi connectivity index (χ3n) is 2.42. The maximum Gasteiger partial charge on any atom is 0.0805 e. The average Bonchev–Trinajstić information content (AvgIpc) is 2.30. The van der Waals surface area contributed by atoms with Crippen molar-refractivity contribution in [2.75, 3.05) is 26.4 Å². The predicted octanol–water partition coefficient (Wildman–Crippen LogP) is 4.30. The molecule has 0 aromatic rings. The van der Waals surface area contributed by atoms with Gasteiger partial charge in [0, 0.05) is 13.2 Å². The third kappa shape index (κ3) is 13.9. The third-order valence-corrected chi connectivity index (χ3v) is 2.42. The average molecular weight is 264 g/mol. The van der Waals surface area contributed by atoms with E-state index in [1.54, 1.807) is 0 Å². The Morgan fingerprint density at radius 1 is 0.944 bits per heavy atom. The van der Waals surface area contributed by atoms with Gasteiger partial charge in [0.2, 0.25) is 0 Å². The van der Waals surface area contributed by atoms with Crippen molar-refractivity contribution in [2.24, 2.45) is 0 Å².